The average molecular weight is 471 g/mol. The lowest BCUT2D eigenvalue weighted by atomic mass is 9.86. The molecule has 0 aromatic carbocycles. The third kappa shape index (κ3) is 5.99. The maximum absolute atomic E-state index is 4.88. The Labute approximate surface area is 175 Å². The first-order valence-electron chi connectivity index (χ1n) is 9.99. The first kappa shape index (κ1) is 21.3. The maximum Gasteiger partial charge on any atom is 0.193 e. The van der Waals surface area contributed by atoms with E-state index in [1.54, 1.807) is 0 Å². The van der Waals surface area contributed by atoms with Gasteiger partial charge in [-0.05, 0) is 56.6 Å². The second-order valence-electron chi connectivity index (χ2n) is 7.46. The topological polar surface area (TPSA) is 52.6 Å². The van der Waals surface area contributed by atoms with Gasteiger partial charge in [0, 0.05) is 38.9 Å². The third-order valence-corrected chi connectivity index (χ3v) is 5.55. The van der Waals surface area contributed by atoms with Gasteiger partial charge in [0.15, 0.2) is 5.96 Å². The minimum atomic E-state index is 0. The summed E-state index contributed by atoms with van der Waals surface area (Å²) in [6.45, 7) is 7.34. The van der Waals surface area contributed by atoms with Gasteiger partial charge >= 0.3 is 0 Å². The van der Waals surface area contributed by atoms with Crippen molar-refractivity contribution in [3.05, 3.63) is 24.4 Å². The molecular weight excluding hydrogens is 437 g/mol. The fourth-order valence-corrected chi connectivity index (χ4v) is 4.18. The van der Waals surface area contributed by atoms with Gasteiger partial charge in [-0.3, -0.25) is 4.99 Å². The van der Waals surface area contributed by atoms with E-state index in [0.29, 0.717) is 5.41 Å². The number of aliphatic imine (C=N–C) groups is 1. The summed E-state index contributed by atoms with van der Waals surface area (Å²) < 4.78 is 0. The van der Waals surface area contributed by atoms with E-state index in [2.05, 4.69) is 27.4 Å². The van der Waals surface area contributed by atoms with Gasteiger partial charge in [0.1, 0.15) is 5.82 Å². The highest BCUT2D eigenvalue weighted by Gasteiger charge is 2.40. The number of halogens is 1. The summed E-state index contributed by atoms with van der Waals surface area (Å²) in [5, 5.41) is 6.86. The second kappa shape index (κ2) is 10.9. The zero-order valence-electron chi connectivity index (χ0n) is 16.0. The van der Waals surface area contributed by atoms with Crippen LogP contribution in [0.3, 0.4) is 0 Å². The van der Waals surface area contributed by atoms with Gasteiger partial charge < -0.3 is 15.5 Å². The fraction of sp³-hybridized carbons (Fsp3) is 0.700. The molecule has 1 aromatic rings. The van der Waals surface area contributed by atoms with Crippen molar-refractivity contribution in [2.24, 2.45) is 10.4 Å². The molecule has 2 fully saturated rings. The first-order valence-corrected chi connectivity index (χ1v) is 9.99. The summed E-state index contributed by atoms with van der Waals surface area (Å²) >= 11 is 0. The Morgan fingerprint density at radius 3 is 2.81 bits per heavy atom. The highest BCUT2D eigenvalue weighted by Crippen LogP contribution is 2.45. The van der Waals surface area contributed by atoms with E-state index >= 15 is 0 Å². The lowest BCUT2D eigenvalue weighted by Crippen LogP contribution is -2.41. The number of guanidine groups is 1. The molecular formula is C20H34IN5. The lowest BCUT2D eigenvalue weighted by molar-refractivity contribution is 0.309. The van der Waals surface area contributed by atoms with Gasteiger partial charge in [-0.15, -0.1) is 24.0 Å². The zero-order chi connectivity index (χ0) is 17.4. The maximum atomic E-state index is 4.88. The normalized spacial score (nSPS) is 18.8. The van der Waals surface area contributed by atoms with Gasteiger partial charge in [0.2, 0.25) is 0 Å². The van der Waals surface area contributed by atoms with Crippen LogP contribution < -0.4 is 10.6 Å². The molecule has 2 N–H and O–H groups in total. The number of nitrogens with one attached hydrogen (secondary N) is 2. The van der Waals surface area contributed by atoms with Crippen LogP contribution in [0.15, 0.2) is 29.4 Å². The molecule has 26 heavy (non-hydrogen) atoms. The molecule has 1 saturated heterocycles. The zero-order valence-corrected chi connectivity index (χ0v) is 18.4. The number of unbranched alkanes of at least 4 members (excludes halogenated alkanes) is 1. The van der Waals surface area contributed by atoms with Crippen LogP contribution in [0.4, 0.5) is 5.82 Å². The Balaban J connectivity index is 0.00000243. The molecule has 146 valence electrons. The Bertz CT molecular complexity index is 542. The lowest BCUT2D eigenvalue weighted by Gasteiger charge is -2.26. The molecule has 5 nitrogen and oxygen atoms in total. The average Bonchev–Trinajstić information content (AvgIpc) is 3.28. The largest absolute Gasteiger partial charge is 0.370 e. The summed E-state index contributed by atoms with van der Waals surface area (Å²) in [4.78, 5) is 11.7. The van der Waals surface area contributed by atoms with Gasteiger partial charge in [-0.1, -0.05) is 18.9 Å². The molecule has 0 radical (unpaired) electrons. The number of pyridine rings is 1. The molecule has 0 atom stereocenters. The predicted molar refractivity (Wildman–Crippen MR) is 120 cm³/mol. The molecule has 0 bridgehead atoms. The summed E-state index contributed by atoms with van der Waals surface area (Å²) in [6, 6.07) is 5.96. The van der Waals surface area contributed by atoms with Crippen LogP contribution in [-0.4, -0.2) is 48.6 Å². The SMILES string of the molecule is CCNC(=NCCCCNc1ccccn1)N1CCC2(CCCC2)C1.I. The summed E-state index contributed by atoms with van der Waals surface area (Å²) in [5.41, 5.74) is 0.600. The first-order chi connectivity index (χ1) is 12.3. The van der Waals surface area contributed by atoms with E-state index in [-0.39, 0.29) is 24.0 Å². The number of nitrogens with zero attached hydrogens (tertiary/aromatic N) is 3. The molecule has 1 aliphatic heterocycles. The van der Waals surface area contributed by atoms with Gasteiger partial charge in [0.25, 0.3) is 0 Å². The minimum Gasteiger partial charge on any atom is -0.370 e. The van der Waals surface area contributed by atoms with Crippen molar-refractivity contribution in [2.75, 3.05) is 38.0 Å². The van der Waals surface area contributed by atoms with Crippen LogP contribution in [0.25, 0.3) is 0 Å². The van der Waals surface area contributed by atoms with Crippen molar-refractivity contribution >= 4 is 35.8 Å². The Kier molecular flexibility index (Phi) is 8.95. The second-order valence-corrected chi connectivity index (χ2v) is 7.46. The summed E-state index contributed by atoms with van der Waals surface area (Å²) in [5.74, 6) is 2.09. The van der Waals surface area contributed by atoms with E-state index in [1.807, 2.05) is 24.4 Å². The van der Waals surface area contributed by atoms with E-state index in [0.717, 1.165) is 44.3 Å². The number of rotatable bonds is 7. The number of hydrogen-bond donors (Lipinski definition) is 2. The highest BCUT2D eigenvalue weighted by atomic mass is 127. The van der Waals surface area contributed by atoms with Crippen LogP contribution in [-0.2, 0) is 0 Å². The van der Waals surface area contributed by atoms with Crippen molar-refractivity contribution < 1.29 is 0 Å². The van der Waals surface area contributed by atoms with Crippen LogP contribution in [0.2, 0.25) is 0 Å². The van der Waals surface area contributed by atoms with Crippen molar-refractivity contribution in [1.29, 1.82) is 0 Å². The smallest absolute Gasteiger partial charge is 0.193 e. The molecule has 3 rings (SSSR count). The standard InChI is InChI=1S/C20H33N5.HI/c1-2-21-19(25-16-12-20(17-25)10-4-5-11-20)24-15-8-7-14-23-18-9-3-6-13-22-18;/h3,6,9,13H,2,4-5,7-8,10-12,14-17H2,1H3,(H,21,24)(H,22,23);1H. The number of aromatic nitrogens is 1. The van der Waals surface area contributed by atoms with Crippen LogP contribution >= 0.6 is 24.0 Å². The Hall–Kier alpha value is -1.05. The molecule has 1 spiro atoms. The quantitative estimate of drug-likeness (QED) is 0.272. The molecule has 2 heterocycles. The Morgan fingerprint density at radius 2 is 2.08 bits per heavy atom. The van der Waals surface area contributed by atoms with Crippen LogP contribution in [0.1, 0.15) is 51.9 Å². The van der Waals surface area contributed by atoms with Crippen molar-refractivity contribution in [2.45, 2.75) is 51.9 Å². The molecule has 0 unspecified atom stereocenters. The monoisotopic (exact) mass is 471 g/mol. The third-order valence-electron chi connectivity index (χ3n) is 5.55. The van der Waals surface area contributed by atoms with Crippen LogP contribution in [0.5, 0.6) is 0 Å². The summed E-state index contributed by atoms with van der Waals surface area (Å²) in [6.07, 6.45) is 11.1. The van der Waals surface area contributed by atoms with E-state index < -0.39 is 0 Å². The minimum absolute atomic E-state index is 0. The van der Waals surface area contributed by atoms with E-state index in [4.69, 9.17) is 4.99 Å². The Morgan fingerprint density at radius 1 is 1.23 bits per heavy atom. The van der Waals surface area contributed by atoms with Crippen molar-refractivity contribution in [1.82, 2.24) is 15.2 Å². The van der Waals surface area contributed by atoms with Gasteiger partial charge in [0.05, 0.1) is 0 Å². The van der Waals surface area contributed by atoms with Crippen molar-refractivity contribution in [3.63, 3.8) is 0 Å². The highest BCUT2D eigenvalue weighted by molar-refractivity contribution is 14.0. The number of likely N-dealkylation sites (tertiary alicyclic amines) is 1. The van der Waals surface area contributed by atoms with E-state index in [9.17, 15) is 0 Å². The van der Waals surface area contributed by atoms with Crippen LogP contribution in [0, 0.1) is 5.41 Å². The predicted octanol–water partition coefficient (Wildman–Crippen LogP) is 4.12. The van der Waals surface area contributed by atoms with E-state index in [1.165, 1.54) is 45.2 Å². The molecule has 1 saturated carbocycles. The van der Waals surface area contributed by atoms with Crippen molar-refractivity contribution in [3.8, 4) is 0 Å². The number of hydrogen-bond acceptors (Lipinski definition) is 3. The van der Waals surface area contributed by atoms with Gasteiger partial charge in [-0.25, -0.2) is 4.98 Å². The fourth-order valence-electron chi connectivity index (χ4n) is 4.18. The molecule has 2 aliphatic rings. The molecule has 6 heteroatoms. The molecule has 0 amide bonds. The molecule has 1 aromatic heterocycles. The number of anilines is 1. The van der Waals surface area contributed by atoms with Gasteiger partial charge in [-0.2, -0.15) is 0 Å². The molecule has 1 aliphatic carbocycles. The summed E-state index contributed by atoms with van der Waals surface area (Å²) in [7, 11) is 0.